The predicted octanol–water partition coefficient (Wildman–Crippen LogP) is 0.615. The van der Waals surface area contributed by atoms with Crippen LogP contribution in [0.4, 0.5) is 5.69 Å². The zero-order valence-electron chi connectivity index (χ0n) is 10.6. The topological polar surface area (TPSA) is 89.3 Å². The summed E-state index contributed by atoms with van der Waals surface area (Å²) in [6.45, 7) is 3.83. The van der Waals surface area contributed by atoms with E-state index in [0.29, 0.717) is 5.69 Å². The van der Waals surface area contributed by atoms with E-state index in [-0.39, 0.29) is 12.3 Å². The van der Waals surface area contributed by atoms with Crippen molar-refractivity contribution in [3.8, 4) is 0 Å². The average Bonchev–Trinajstić information content (AvgIpc) is 2.21. The molecule has 1 amide bonds. The molecule has 3 N–H and O–H groups in total. The van der Waals surface area contributed by atoms with Crippen LogP contribution in [0.3, 0.4) is 0 Å². The molecule has 5 nitrogen and oxygen atoms in total. The number of nitrogens with one attached hydrogen (secondary N) is 1. The first-order valence-corrected chi connectivity index (χ1v) is 7.44. The smallest absolute Gasteiger partial charge is 0.239 e. The Labute approximate surface area is 107 Å². The number of carbonyl (C=O) groups is 1. The number of hydrogen-bond acceptors (Lipinski definition) is 4. The van der Waals surface area contributed by atoms with Crippen molar-refractivity contribution in [2.45, 2.75) is 13.8 Å². The Morgan fingerprint density at radius 3 is 2.56 bits per heavy atom. The molecule has 0 spiro atoms. The van der Waals surface area contributed by atoms with E-state index in [0.717, 1.165) is 11.1 Å². The maximum absolute atomic E-state index is 11.6. The fraction of sp³-hybridized carbons (Fsp3) is 0.417. The van der Waals surface area contributed by atoms with Crippen molar-refractivity contribution in [2.24, 2.45) is 5.73 Å². The molecule has 0 saturated carbocycles. The van der Waals surface area contributed by atoms with Gasteiger partial charge in [-0.15, -0.1) is 0 Å². The van der Waals surface area contributed by atoms with E-state index < -0.39 is 21.5 Å². The second-order valence-electron chi connectivity index (χ2n) is 4.25. The van der Waals surface area contributed by atoms with Crippen molar-refractivity contribution in [3.63, 3.8) is 0 Å². The van der Waals surface area contributed by atoms with Crippen LogP contribution in [0.1, 0.15) is 11.1 Å². The van der Waals surface area contributed by atoms with Gasteiger partial charge >= 0.3 is 0 Å². The number of hydrogen-bond donors (Lipinski definition) is 2. The van der Waals surface area contributed by atoms with E-state index in [4.69, 9.17) is 5.73 Å². The lowest BCUT2D eigenvalue weighted by Gasteiger charge is -2.09. The van der Waals surface area contributed by atoms with E-state index in [1.807, 2.05) is 26.0 Å². The molecular weight excluding hydrogens is 252 g/mol. The molecule has 0 aliphatic heterocycles. The monoisotopic (exact) mass is 270 g/mol. The molecule has 1 aromatic rings. The summed E-state index contributed by atoms with van der Waals surface area (Å²) in [5.74, 6) is -1.24. The Bertz CT molecular complexity index is 538. The lowest BCUT2D eigenvalue weighted by molar-refractivity contribution is -0.113. The van der Waals surface area contributed by atoms with Crippen LogP contribution in [-0.2, 0) is 14.6 Å². The zero-order valence-corrected chi connectivity index (χ0v) is 11.4. The van der Waals surface area contributed by atoms with Gasteiger partial charge in [-0.25, -0.2) is 8.42 Å². The van der Waals surface area contributed by atoms with Crippen LogP contribution in [0.25, 0.3) is 0 Å². The number of rotatable bonds is 5. The molecule has 0 heterocycles. The molecule has 18 heavy (non-hydrogen) atoms. The van der Waals surface area contributed by atoms with E-state index in [9.17, 15) is 13.2 Å². The third-order valence-corrected chi connectivity index (χ3v) is 4.00. The van der Waals surface area contributed by atoms with Crippen LogP contribution in [0.15, 0.2) is 18.2 Å². The number of benzene rings is 1. The molecule has 1 aromatic carbocycles. The van der Waals surface area contributed by atoms with Crippen LogP contribution in [0.5, 0.6) is 0 Å². The van der Waals surface area contributed by atoms with Crippen molar-refractivity contribution in [1.29, 1.82) is 0 Å². The van der Waals surface area contributed by atoms with Crippen LogP contribution in [-0.4, -0.2) is 32.4 Å². The fourth-order valence-corrected chi connectivity index (χ4v) is 2.57. The highest BCUT2D eigenvalue weighted by atomic mass is 32.2. The molecular formula is C12H18N2O3S. The minimum absolute atomic E-state index is 0.0270. The molecule has 0 aliphatic rings. The average molecular weight is 270 g/mol. The summed E-state index contributed by atoms with van der Waals surface area (Å²) in [6, 6.07) is 5.54. The van der Waals surface area contributed by atoms with Gasteiger partial charge < -0.3 is 11.1 Å². The summed E-state index contributed by atoms with van der Waals surface area (Å²) in [5, 5.41) is 2.59. The number of sulfone groups is 1. The van der Waals surface area contributed by atoms with Gasteiger partial charge in [-0.3, -0.25) is 4.79 Å². The second-order valence-corrected chi connectivity index (χ2v) is 6.43. The quantitative estimate of drug-likeness (QED) is 0.820. The van der Waals surface area contributed by atoms with Gasteiger partial charge in [0.05, 0.1) is 5.75 Å². The van der Waals surface area contributed by atoms with Crippen molar-refractivity contribution >= 4 is 21.4 Å². The van der Waals surface area contributed by atoms with Gasteiger partial charge in [0.2, 0.25) is 5.91 Å². The summed E-state index contributed by atoms with van der Waals surface area (Å²) in [4.78, 5) is 11.6. The minimum atomic E-state index is -3.41. The van der Waals surface area contributed by atoms with Gasteiger partial charge in [-0.2, -0.15) is 0 Å². The van der Waals surface area contributed by atoms with Crippen LogP contribution >= 0.6 is 0 Å². The summed E-state index contributed by atoms with van der Waals surface area (Å²) in [5.41, 5.74) is 7.79. The van der Waals surface area contributed by atoms with Gasteiger partial charge in [-0.1, -0.05) is 17.7 Å². The Kier molecular flexibility index (Phi) is 4.86. The highest BCUT2D eigenvalue weighted by Gasteiger charge is 2.16. The summed E-state index contributed by atoms with van der Waals surface area (Å²) in [7, 11) is -3.41. The number of aryl methyl sites for hydroxylation is 2. The first-order valence-electron chi connectivity index (χ1n) is 5.61. The zero-order chi connectivity index (χ0) is 13.8. The first-order chi connectivity index (χ1) is 8.34. The number of nitrogens with two attached hydrogens (primary N) is 1. The van der Waals surface area contributed by atoms with Gasteiger partial charge in [0.25, 0.3) is 0 Å². The largest absolute Gasteiger partial charge is 0.329 e. The first kappa shape index (κ1) is 14.7. The molecule has 0 saturated heterocycles. The van der Waals surface area contributed by atoms with Gasteiger partial charge in [-0.05, 0) is 25.5 Å². The third kappa shape index (κ3) is 4.46. The van der Waals surface area contributed by atoms with E-state index >= 15 is 0 Å². The number of amides is 1. The molecule has 0 fully saturated rings. The SMILES string of the molecule is Cc1ccc(NC(=O)CS(=O)(=O)CCN)c(C)c1. The molecule has 0 atom stereocenters. The van der Waals surface area contributed by atoms with Crippen LogP contribution in [0.2, 0.25) is 0 Å². The molecule has 0 bridgehead atoms. The van der Waals surface area contributed by atoms with Gasteiger partial charge in [0.1, 0.15) is 5.75 Å². The van der Waals surface area contributed by atoms with E-state index in [1.54, 1.807) is 6.07 Å². The lowest BCUT2D eigenvalue weighted by Crippen LogP contribution is -2.27. The van der Waals surface area contributed by atoms with Gasteiger partial charge in [0.15, 0.2) is 9.84 Å². The number of carbonyl (C=O) groups excluding carboxylic acids is 1. The maximum atomic E-state index is 11.6. The minimum Gasteiger partial charge on any atom is -0.329 e. The normalized spacial score (nSPS) is 11.3. The van der Waals surface area contributed by atoms with Crippen LogP contribution in [0, 0.1) is 13.8 Å². The molecule has 0 radical (unpaired) electrons. The highest BCUT2D eigenvalue weighted by molar-refractivity contribution is 7.92. The van der Waals surface area contributed by atoms with Crippen molar-refractivity contribution in [1.82, 2.24) is 0 Å². The Hall–Kier alpha value is -1.40. The van der Waals surface area contributed by atoms with Gasteiger partial charge in [0, 0.05) is 12.2 Å². The molecule has 100 valence electrons. The Morgan fingerprint density at radius 2 is 2.00 bits per heavy atom. The molecule has 1 rings (SSSR count). The van der Waals surface area contributed by atoms with Crippen molar-refractivity contribution < 1.29 is 13.2 Å². The standard InChI is InChI=1S/C12H18N2O3S/c1-9-3-4-11(10(2)7-9)14-12(15)8-18(16,17)6-5-13/h3-4,7H,5-6,8,13H2,1-2H3,(H,14,15). The molecule has 0 aromatic heterocycles. The highest BCUT2D eigenvalue weighted by Crippen LogP contribution is 2.15. The lowest BCUT2D eigenvalue weighted by atomic mass is 10.1. The van der Waals surface area contributed by atoms with Crippen LogP contribution < -0.4 is 11.1 Å². The summed E-state index contributed by atoms with van der Waals surface area (Å²) < 4.78 is 22.9. The summed E-state index contributed by atoms with van der Waals surface area (Å²) >= 11 is 0. The van der Waals surface area contributed by atoms with Crippen molar-refractivity contribution in [2.75, 3.05) is 23.4 Å². The third-order valence-electron chi connectivity index (χ3n) is 2.44. The van der Waals surface area contributed by atoms with E-state index in [2.05, 4.69) is 5.32 Å². The summed E-state index contributed by atoms with van der Waals surface area (Å²) in [6.07, 6.45) is 0. The Balaban J connectivity index is 2.71. The molecule has 6 heteroatoms. The molecule has 0 aliphatic carbocycles. The Morgan fingerprint density at radius 1 is 1.33 bits per heavy atom. The second kappa shape index (κ2) is 5.97. The molecule has 0 unspecified atom stereocenters. The predicted molar refractivity (Wildman–Crippen MR) is 72.3 cm³/mol. The van der Waals surface area contributed by atoms with E-state index in [1.165, 1.54) is 0 Å². The fourth-order valence-electron chi connectivity index (χ4n) is 1.59. The van der Waals surface area contributed by atoms with Crippen molar-refractivity contribution in [3.05, 3.63) is 29.3 Å². The maximum Gasteiger partial charge on any atom is 0.239 e. The number of anilines is 1.